The van der Waals surface area contributed by atoms with Gasteiger partial charge < -0.3 is 20.2 Å². The summed E-state index contributed by atoms with van der Waals surface area (Å²) in [6, 6.07) is 0. The molecule has 6 heteroatoms. The Balaban J connectivity index is 2.64. The highest BCUT2D eigenvalue weighted by atomic mass is 31.1. The zero-order valence-corrected chi connectivity index (χ0v) is 6.36. The van der Waals surface area contributed by atoms with Crippen LogP contribution in [0, 0.1) is 0 Å². The molecule has 0 spiro atoms. The number of hydrogen-bond donors (Lipinski definition) is 3. The molecule has 3 unspecified atom stereocenters. The minimum atomic E-state index is -2.07. The molecule has 0 saturated carbocycles. The summed E-state index contributed by atoms with van der Waals surface area (Å²) in [5, 5.41) is 25.3. The van der Waals surface area contributed by atoms with Crippen LogP contribution in [0.3, 0.4) is 0 Å². The lowest BCUT2D eigenvalue weighted by Gasteiger charge is -2.07. The fraction of sp³-hybridized carbons (Fsp3) is 0.600. The van der Waals surface area contributed by atoms with Gasteiger partial charge in [-0.15, -0.1) is 0 Å². The third-order valence-electron chi connectivity index (χ3n) is 1.40. The maximum Gasteiger partial charge on any atom is 0.390 e. The summed E-state index contributed by atoms with van der Waals surface area (Å²) in [6.45, 7) is -0.652. The van der Waals surface area contributed by atoms with Crippen LogP contribution in [-0.2, 0) is 0 Å². The molecule has 0 saturated heterocycles. The van der Waals surface area contributed by atoms with Gasteiger partial charge in [0.05, 0.1) is 6.61 Å². The highest BCUT2D eigenvalue weighted by Gasteiger charge is 2.39. The number of aliphatic hydroxyl groups excluding tert-OH is 3. The fourth-order valence-electron chi connectivity index (χ4n) is 0.676. The Hall–Kier alpha value is -0.320. The Labute approximate surface area is 63.0 Å². The SMILES string of the molecule is O=c1c(C(O)C(O)CO)[p+]1[O-]. The minimum Gasteiger partial charge on any atom is -0.623 e. The molecule has 0 aromatic carbocycles. The zero-order valence-electron chi connectivity index (χ0n) is 5.47. The van der Waals surface area contributed by atoms with E-state index in [1.54, 1.807) is 0 Å². The van der Waals surface area contributed by atoms with Gasteiger partial charge in [0.1, 0.15) is 6.10 Å². The molecule has 5 nitrogen and oxygen atoms in total. The first-order chi connectivity index (χ1) is 5.09. The van der Waals surface area contributed by atoms with E-state index in [1.165, 1.54) is 0 Å². The van der Waals surface area contributed by atoms with Crippen LogP contribution in [0.25, 0.3) is 0 Å². The molecular weight excluding hydrogens is 171 g/mol. The van der Waals surface area contributed by atoms with Crippen molar-refractivity contribution in [3.05, 3.63) is 15.3 Å². The van der Waals surface area contributed by atoms with E-state index in [4.69, 9.17) is 15.3 Å². The van der Waals surface area contributed by atoms with Gasteiger partial charge in [-0.2, -0.15) is 0 Å². The van der Waals surface area contributed by atoms with Crippen LogP contribution in [0.4, 0.5) is 0 Å². The summed E-state index contributed by atoms with van der Waals surface area (Å²) in [7, 11) is -2.07. The summed E-state index contributed by atoms with van der Waals surface area (Å²) < 4.78 is 0. The topological polar surface area (TPSA) is 101 Å². The summed E-state index contributed by atoms with van der Waals surface area (Å²) >= 11 is 0. The molecule has 1 aromatic heterocycles. The van der Waals surface area contributed by atoms with Crippen molar-refractivity contribution in [2.24, 2.45) is 0 Å². The van der Waals surface area contributed by atoms with E-state index in [9.17, 15) is 9.69 Å². The Bertz CT molecular complexity index is 263. The monoisotopic (exact) mass is 178 g/mol. The number of rotatable bonds is 3. The van der Waals surface area contributed by atoms with Gasteiger partial charge >= 0.3 is 5.16 Å². The Morgan fingerprint density at radius 2 is 2.00 bits per heavy atom. The molecule has 3 N–H and O–H groups in total. The maximum atomic E-state index is 10.5. The maximum absolute atomic E-state index is 10.5. The second-order valence-corrected chi connectivity index (χ2v) is 3.66. The van der Waals surface area contributed by atoms with Crippen LogP contribution in [-0.4, -0.2) is 28.0 Å². The summed E-state index contributed by atoms with van der Waals surface area (Å²) in [4.78, 5) is 20.9. The van der Waals surface area contributed by atoms with Gasteiger partial charge in [0.15, 0.2) is 13.9 Å². The zero-order chi connectivity index (χ0) is 8.59. The molecule has 0 aliphatic rings. The summed E-state index contributed by atoms with van der Waals surface area (Å²) in [5.74, 6) is 0. The van der Waals surface area contributed by atoms with Crippen LogP contribution in [0.1, 0.15) is 11.4 Å². The molecule has 0 aliphatic heterocycles. The van der Waals surface area contributed by atoms with Crippen molar-refractivity contribution >= 4 is 7.76 Å². The van der Waals surface area contributed by atoms with Gasteiger partial charge in [-0.25, -0.2) is 4.79 Å². The molecule has 3 atom stereocenters. The summed E-state index contributed by atoms with van der Waals surface area (Å²) in [5.41, 5.74) is 0. The fourth-order valence-corrected chi connectivity index (χ4v) is 1.64. The average molecular weight is 178 g/mol. The first-order valence-electron chi connectivity index (χ1n) is 2.95. The molecule has 0 amide bonds. The lowest BCUT2D eigenvalue weighted by atomic mass is 10.2. The summed E-state index contributed by atoms with van der Waals surface area (Å²) in [6.07, 6.45) is -2.87. The van der Waals surface area contributed by atoms with Gasteiger partial charge in [-0.3, -0.25) is 0 Å². The largest absolute Gasteiger partial charge is 0.623 e. The Kier molecular flexibility index (Phi) is 2.37. The van der Waals surface area contributed by atoms with Crippen LogP contribution in [0.15, 0.2) is 4.79 Å². The minimum absolute atomic E-state index is 0.165. The van der Waals surface area contributed by atoms with E-state index < -0.39 is 31.7 Å². The van der Waals surface area contributed by atoms with Gasteiger partial charge in [0, 0.05) is 0 Å². The van der Waals surface area contributed by atoms with E-state index in [-0.39, 0.29) is 5.30 Å². The van der Waals surface area contributed by atoms with Crippen molar-refractivity contribution in [2.75, 3.05) is 6.61 Å². The molecule has 0 bridgehead atoms. The lowest BCUT2D eigenvalue weighted by Crippen LogP contribution is -2.21. The van der Waals surface area contributed by atoms with Crippen LogP contribution < -0.4 is 10.1 Å². The lowest BCUT2D eigenvalue weighted by molar-refractivity contribution is -0.149. The Morgan fingerprint density at radius 3 is 2.27 bits per heavy atom. The van der Waals surface area contributed by atoms with E-state index in [0.717, 1.165) is 0 Å². The Morgan fingerprint density at radius 1 is 1.55 bits per heavy atom. The smallest absolute Gasteiger partial charge is 0.390 e. The van der Waals surface area contributed by atoms with Crippen molar-refractivity contribution in [3.8, 4) is 0 Å². The number of aliphatic hydroxyl groups is 3. The second kappa shape index (κ2) is 2.97. The van der Waals surface area contributed by atoms with Gasteiger partial charge in [0.2, 0.25) is 5.30 Å². The van der Waals surface area contributed by atoms with Gasteiger partial charge in [0.25, 0.3) is 0 Å². The third kappa shape index (κ3) is 1.47. The molecular formula is C5H7O5P. The molecule has 0 aliphatic carbocycles. The van der Waals surface area contributed by atoms with Gasteiger partial charge in [-0.1, -0.05) is 0 Å². The molecule has 11 heavy (non-hydrogen) atoms. The molecule has 0 fully saturated rings. The van der Waals surface area contributed by atoms with Crippen LogP contribution >= 0.6 is 7.76 Å². The van der Waals surface area contributed by atoms with Crippen molar-refractivity contribution < 1.29 is 20.2 Å². The highest BCUT2D eigenvalue weighted by Crippen LogP contribution is 2.33. The predicted octanol–water partition coefficient (Wildman–Crippen LogP) is -2.30. The highest BCUT2D eigenvalue weighted by molar-refractivity contribution is 7.48. The molecule has 62 valence electrons. The number of hydrogen-bond acceptors (Lipinski definition) is 5. The van der Waals surface area contributed by atoms with Crippen LogP contribution in [0.2, 0.25) is 0 Å². The molecule has 1 heterocycles. The molecule has 1 aromatic rings. The van der Waals surface area contributed by atoms with Crippen molar-refractivity contribution in [1.82, 2.24) is 0 Å². The van der Waals surface area contributed by atoms with Crippen molar-refractivity contribution in [2.45, 2.75) is 12.2 Å². The first kappa shape index (κ1) is 8.77. The normalized spacial score (nSPS) is 18.7. The first-order valence-corrected chi connectivity index (χ1v) is 4.21. The third-order valence-corrected chi connectivity index (χ3v) is 2.70. The van der Waals surface area contributed by atoms with Crippen LogP contribution in [0.5, 0.6) is 0 Å². The van der Waals surface area contributed by atoms with Crippen molar-refractivity contribution in [1.29, 1.82) is 0 Å². The van der Waals surface area contributed by atoms with Gasteiger partial charge in [-0.05, 0) is 0 Å². The molecule has 0 radical (unpaired) electrons. The van der Waals surface area contributed by atoms with E-state index in [0.29, 0.717) is 0 Å². The molecule has 1 rings (SSSR count). The second-order valence-electron chi connectivity index (χ2n) is 2.18. The van der Waals surface area contributed by atoms with E-state index in [2.05, 4.69) is 0 Å². The average Bonchev–Trinajstić information content (AvgIpc) is 2.57. The van der Waals surface area contributed by atoms with E-state index >= 15 is 0 Å². The predicted molar refractivity (Wildman–Crippen MR) is 35.6 cm³/mol. The van der Waals surface area contributed by atoms with E-state index in [1.807, 2.05) is 0 Å². The standard InChI is InChI=1S/C5H7O5P/c6-1-2(7)3(8)4-5(9)11(4)10/h2-3,6-8H,1H2. The van der Waals surface area contributed by atoms with Crippen molar-refractivity contribution in [3.63, 3.8) is 0 Å². The quantitative estimate of drug-likeness (QED) is 0.483.